The van der Waals surface area contributed by atoms with Crippen LogP contribution in [0.5, 0.6) is 0 Å². The zero-order chi connectivity index (χ0) is 12.9. The Hall–Kier alpha value is -0.980. The molecule has 0 aliphatic heterocycles. The number of nitrogens with two attached hydrogens (primary N) is 1. The van der Waals surface area contributed by atoms with Crippen LogP contribution in [0.4, 0.5) is 0 Å². The summed E-state index contributed by atoms with van der Waals surface area (Å²) in [6.07, 6.45) is 2.06. The SMILES string of the molecule is CC(C)(N)CNS(=O)(=O)CCc1ccccn1. The summed E-state index contributed by atoms with van der Waals surface area (Å²) in [6.45, 7) is 3.78. The molecule has 0 radical (unpaired) electrons. The predicted molar refractivity (Wildman–Crippen MR) is 68.0 cm³/mol. The monoisotopic (exact) mass is 257 g/mol. The van der Waals surface area contributed by atoms with E-state index in [0.29, 0.717) is 6.42 Å². The molecule has 5 nitrogen and oxygen atoms in total. The van der Waals surface area contributed by atoms with Gasteiger partial charge in [0.1, 0.15) is 0 Å². The third kappa shape index (κ3) is 6.35. The van der Waals surface area contributed by atoms with Crippen molar-refractivity contribution in [2.24, 2.45) is 5.73 Å². The second-order valence-corrected chi connectivity index (χ2v) is 6.63. The molecule has 3 N–H and O–H groups in total. The first-order valence-electron chi connectivity index (χ1n) is 5.45. The van der Waals surface area contributed by atoms with Gasteiger partial charge in [0.2, 0.25) is 10.0 Å². The molecule has 0 aromatic carbocycles. The highest BCUT2D eigenvalue weighted by Crippen LogP contribution is 1.99. The molecule has 1 aromatic rings. The van der Waals surface area contributed by atoms with Gasteiger partial charge in [0.15, 0.2) is 0 Å². The van der Waals surface area contributed by atoms with E-state index < -0.39 is 15.6 Å². The van der Waals surface area contributed by atoms with Crippen molar-refractivity contribution in [3.8, 4) is 0 Å². The molecule has 17 heavy (non-hydrogen) atoms. The number of aromatic nitrogens is 1. The number of hydrogen-bond acceptors (Lipinski definition) is 4. The molecule has 0 fully saturated rings. The maximum absolute atomic E-state index is 11.7. The number of sulfonamides is 1. The third-order valence-corrected chi connectivity index (χ3v) is 3.43. The Balaban J connectivity index is 2.46. The fraction of sp³-hybridized carbons (Fsp3) is 0.545. The molecule has 0 amide bonds. The van der Waals surface area contributed by atoms with E-state index in [-0.39, 0.29) is 12.3 Å². The van der Waals surface area contributed by atoms with E-state index in [2.05, 4.69) is 9.71 Å². The van der Waals surface area contributed by atoms with Crippen molar-refractivity contribution >= 4 is 10.0 Å². The average Bonchev–Trinajstić information content (AvgIpc) is 2.25. The maximum Gasteiger partial charge on any atom is 0.212 e. The van der Waals surface area contributed by atoms with Gasteiger partial charge in [0.25, 0.3) is 0 Å². The number of rotatable bonds is 6. The fourth-order valence-corrected chi connectivity index (χ4v) is 2.37. The summed E-state index contributed by atoms with van der Waals surface area (Å²) in [5.41, 5.74) is 5.94. The van der Waals surface area contributed by atoms with E-state index in [0.717, 1.165) is 5.69 Å². The van der Waals surface area contributed by atoms with Crippen LogP contribution in [0.25, 0.3) is 0 Å². The van der Waals surface area contributed by atoms with Gasteiger partial charge in [-0.15, -0.1) is 0 Å². The fourth-order valence-electron chi connectivity index (χ4n) is 1.15. The van der Waals surface area contributed by atoms with Crippen molar-refractivity contribution < 1.29 is 8.42 Å². The Morgan fingerprint density at radius 1 is 1.41 bits per heavy atom. The second kappa shape index (κ2) is 5.57. The van der Waals surface area contributed by atoms with Gasteiger partial charge in [0.05, 0.1) is 5.75 Å². The van der Waals surface area contributed by atoms with E-state index in [4.69, 9.17) is 5.73 Å². The highest BCUT2D eigenvalue weighted by atomic mass is 32.2. The van der Waals surface area contributed by atoms with Gasteiger partial charge < -0.3 is 5.73 Å². The van der Waals surface area contributed by atoms with E-state index in [9.17, 15) is 8.42 Å². The molecule has 0 aliphatic rings. The lowest BCUT2D eigenvalue weighted by Crippen LogP contribution is -2.45. The zero-order valence-electron chi connectivity index (χ0n) is 10.2. The van der Waals surface area contributed by atoms with Crippen molar-refractivity contribution in [3.05, 3.63) is 30.1 Å². The Labute approximate surface area is 102 Å². The first-order chi connectivity index (χ1) is 7.79. The molecule has 1 rings (SSSR count). The minimum absolute atomic E-state index is 0.0279. The molecular formula is C11H19N3O2S. The minimum atomic E-state index is -3.28. The molecule has 0 saturated carbocycles. The summed E-state index contributed by atoms with van der Waals surface area (Å²) < 4.78 is 25.8. The summed E-state index contributed by atoms with van der Waals surface area (Å²) in [5, 5.41) is 0. The summed E-state index contributed by atoms with van der Waals surface area (Å²) in [6, 6.07) is 5.45. The number of pyridine rings is 1. The van der Waals surface area contributed by atoms with Crippen LogP contribution in [0, 0.1) is 0 Å². The van der Waals surface area contributed by atoms with Crippen LogP contribution < -0.4 is 10.5 Å². The van der Waals surface area contributed by atoms with Crippen LogP contribution in [0.3, 0.4) is 0 Å². The molecule has 6 heteroatoms. The van der Waals surface area contributed by atoms with Gasteiger partial charge in [-0.05, 0) is 26.0 Å². The van der Waals surface area contributed by atoms with Gasteiger partial charge in [-0.2, -0.15) is 0 Å². The molecule has 0 spiro atoms. The molecule has 0 saturated heterocycles. The van der Waals surface area contributed by atoms with Crippen LogP contribution in [-0.4, -0.2) is 31.2 Å². The van der Waals surface area contributed by atoms with Gasteiger partial charge >= 0.3 is 0 Å². The molecule has 0 aliphatic carbocycles. The van der Waals surface area contributed by atoms with Crippen LogP contribution >= 0.6 is 0 Å². The van der Waals surface area contributed by atoms with Crippen molar-refractivity contribution in [2.45, 2.75) is 25.8 Å². The van der Waals surface area contributed by atoms with Gasteiger partial charge in [-0.25, -0.2) is 13.1 Å². The number of hydrogen-bond donors (Lipinski definition) is 2. The van der Waals surface area contributed by atoms with E-state index >= 15 is 0 Å². The Morgan fingerprint density at radius 2 is 2.12 bits per heavy atom. The van der Waals surface area contributed by atoms with Crippen molar-refractivity contribution in [2.75, 3.05) is 12.3 Å². The molecule has 0 atom stereocenters. The van der Waals surface area contributed by atoms with Gasteiger partial charge in [-0.3, -0.25) is 4.98 Å². The van der Waals surface area contributed by atoms with Crippen LogP contribution in [0.2, 0.25) is 0 Å². The lowest BCUT2D eigenvalue weighted by atomic mass is 10.1. The summed E-state index contributed by atoms with van der Waals surface area (Å²) >= 11 is 0. The van der Waals surface area contributed by atoms with Crippen LogP contribution in [-0.2, 0) is 16.4 Å². The zero-order valence-corrected chi connectivity index (χ0v) is 11.0. The Bertz CT molecular complexity index is 438. The Morgan fingerprint density at radius 3 is 2.65 bits per heavy atom. The van der Waals surface area contributed by atoms with Crippen molar-refractivity contribution in [1.29, 1.82) is 0 Å². The quantitative estimate of drug-likeness (QED) is 0.766. The largest absolute Gasteiger partial charge is 0.324 e. The smallest absolute Gasteiger partial charge is 0.212 e. The number of aryl methyl sites for hydroxylation is 1. The minimum Gasteiger partial charge on any atom is -0.324 e. The lowest BCUT2D eigenvalue weighted by molar-refractivity contribution is 0.497. The molecule has 96 valence electrons. The second-order valence-electron chi connectivity index (χ2n) is 4.70. The Kier molecular flexibility index (Phi) is 4.62. The van der Waals surface area contributed by atoms with E-state index in [1.807, 2.05) is 12.1 Å². The van der Waals surface area contributed by atoms with E-state index in [1.165, 1.54) is 0 Å². The molecule has 0 unspecified atom stereocenters. The standard InChI is InChI=1S/C11H19N3O2S/c1-11(2,12)9-14-17(15,16)8-6-10-5-3-4-7-13-10/h3-5,7,14H,6,8-9,12H2,1-2H3. The third-order valence-electron chi connectivity index (χ3n) is 2.10. The summed E-state index contributed by atoms with van der Waals surface area (Å²) in [4.78, 5) is 4.07. The number of nitrogens with zero attached hydrogens (tertiary/aromatic N) is 1. The summed E-state index contributed by atoms with van der Waals surface area (Å²) in [5.74, 6) is 0.0279. The lowest BCUT2D eigenvalue weighted by Gasteiger charge is -2.18. The average molecular weight is 257 g/mol. The van der Waals surface area contributed by atoms with Crippen molar-refractivity contribution in [3.63, 3.8) is 0 Å². The van der Waals surface area contributed by atoms with Crippen molar-refractivity contribution in [1.82, 2.24) is 9.71 Å². The summed E-state index contributed by atoms with van der Waals surface area (Å²) in [7, 11) is -3.28. The molecular weight excluding hydrogens is 238 g/mol. The van der Waals surface area contributed by atoms with Gasteiger partial charge in [-0.1, -0.05) is 6.07 Å². The number of nitrogens with one attached hydrogen (secondary N) is 1. The van der Waals surface area contributed by atoms with Gasteiger partial charge in [0, 0.05) is 30.4 Å². The molecule has 1 aromatic heterocycles. The highest BCUT2D eigenvalue weighted by Gasteiger charge is 2.16. The van der Waals surface area contributed by atoms with Crippen LogP contribution in [0.1, 0.15) is 19.5 Å². The first kappa shape index (κ1) is 14.1. The molecule has 0 bridgehead atoms. The van der Waals surface area contributed by atoms with E-state index in [1.54, 1.807) is 26.1 Å². The predicted octanol–water partition coefficient (Wildman–Crippen LogP) is 0.281. The van der Waals surface area contributed by atoms with Crippen LogP contribution in [0.15, 0.2) is 24.4 Å². The normalized spacial score (nSPS) is 12.6. The topological polar surface area (TPSA) is 85.1 Å². The highest BCUT2D eigenvalue weighted by molar-refractivity contribution is 7.89. The molecule has 1 heterocycles. The first-order valence-corrected chi connectivity index (χ1v) is 7.10. The maximum atomic E-state index is 11.7.